The summed E-state index contributed by atoms with van der Waals surface area (Å²) in [6, 6.07) is 10.1. The second kappa shape index (κ2) is 8.79. The van der Waals surface area contributed by atoms with Gasteiger partial charge in [-0.3, -0.25) is 15.0 Å². The number of piperidine rings is 1. The van der Waals surface area contributed by atoms with Gasteiger partial charge in [0.2, 0.25) is 0 Å². The highest BCUT2D eigenvalue weighted by molar-refractivity contribution is 5.55. The van der Waals surface area contributed by atoms with E-state index in [4.69, 9.17) is 0 Å². The van der Waals surface area contributed by atoms with Gasteiger partial charge in [-0.2, -0.15) is 13.2 Å². The monoisotopic (exact) mass is 409 g/mol. The Bertz CT molecular complexity index is 848. The average Bonchev–Trinajstić information content (AvgIpc) is 2.69. The first-order chi connectivity index (χ1) is 13.8. The van der Waals surface area contributed by atoms with Crippen molar-refractivity contribution >= 4 is 11.4 Å². The topological polar surface area (TPSA) is 78.6 Å². The minimum atomic E-state index is -4.33. The summed E-state index contributed by atoms with van der Waals surface area (Å²) in [7, 11) is 0. The fourth-order valence-corrected chi connectivity index (χ4v) is 3.49. The van der Waals surface area contributed by atoms with Gasteiger partial charge in [0.05, 0.1) is 22.7 Å². The summed E-state index contributed by atoms with van der Waals surface area (Å²) in [4.78, 5) is 12.8. The molecule has 0 aromatic heterocycles. The van der Waals surface area contributed by atoms with Gasteiger partial charge in [0.15, 0.2) is 0 Å². The molecular weight excluding hydrogens is 387 g/mol. The van der Waals surface area contributed by atoms with Gasteiger partial charge in [-0.1, -0.05) is 12.1 Å². The standard InChI is InChI=1S/C20H22F3N3O3/c21-20(22,23)16-4-1-14(2-5-16)12-25-9-7-17(8-10-25)24-18-6-3-15(13-27)19(11-18)26(28)29/h1-6,11,17,24,27H,7-10,12-13H2. The molecule has 3 rings (SSSR count). The molecule has 156 valence electrons. The first-order valence-corrected chi connectivity index (χ1v) is 9.29. The number of aliphatic hydroxyl groups excluding tert-OH is 1. The van der Waals surface area contributed by atoms with Crippen molar-refractivity contribution in [1.29, 1.82) is 0 Å². The normalized spacial score (nSPS) is 16.0. The number of halogens is 3. The van der Waals surface area contributed by atoms with Gasteiger partial charge >= 0.3 is 6.18 Å². The molecule has 0 amide bonds. The average molecular weight is 409 g/mol. The highest BCUT2D eigenvalue weighted by Gasteiger charge is 2.30. The smallest absolute Gasteiger partial charge is 0.391 e. The van der Waals surface area contributed by atoms with Crippen molar-refractivity contribution in [2.75, 3.05) is 18.4 Å². The van der Waals surface area contributed by atoms with Crippen LogP contribution in [0.5, 0.6) is 0 Å². The molecule has 2 N–H and O–H groups in total. The lowest BCUT2D eigenvalue weighted by molar-refractivity contribution is -0.385. The van der Waals surface area contributed by atoms with Crippen LogP contribution in [0.2, 0.25) is 0 Å². The minimum Gasteiger partial charge on any atom is -0.391 e. The molecule has 1 saturated heterocycles. The Balaban J connectivity index is 1.53. The highest BCUT2D eigenvalue weighted by Crippen LogP contribution is 2.29. The number of nitro groups is 1. The summed E-state index contributed by atoms with van der Waals surface area (Å²) < 4.78 is 37.9. The molecule has 0 unspecified atom stereocenters. The maximum atomic E-state index is 12.6. The number of rotatable bonds is 6. The zero-order valence-corrected chi connectivity index (χ0v) is 15.7. The number of aliphatic hydroxyl groups is 1. The second-order valence-corrected chi connectivity index (χ2v) is 7.15. The third kappa shape index (κ3) is 5.45. The zero-order valence-electron chi connectivity index (χ0n) is 15.7. The van der Waals surface area contributed by atoms with E-state index in [-0.39, 0.29) is 23.9 Å². The van der Waals surface area contributed by atoms with Crippen molar-refractivity contribution in [3.05, 3.63) is 69.3 Å². The van der Waals surface area contributed by atoms with Crippen LogP contribution in [0.15, 0.2) is 42.5 Å². The van der Waals surface area contributed by atoms with Crippen molar-refractivity contribution in [3.8, 4) is 0 Å². The molecule has 1 aliphatic rings. The van der Waals surface area contributed by atoms with Gasteiger partial charge < -0.3 is 10.4 Å². The fraction of sp³-hybridized carbons (Fsp3) is 0.400. The number of benzene rings is 2. The van der Waals surface area contributed by atoms with Crippen molar-refractivity contribution in [2.45, 2.75) is 38.2 Å². The maximum Gasteiger partial charge on any atom is 0.416 e. The number of anilines is 1. The fourth-order valence-electron chi connectivity index (χ4n) is 3.49. The first kappa shape index (κ1) is 21.1. The first-order valence-electron chi connectivity index (χ1n) is 9.29. The second-order valence-electron chi connectivity index (χ2n) is 7.15. The number of nitro benzene ring substituents is 1. The molecule has 1 fully saturated rings. The number of likely N-dealkylation sites (tertiary alicyclic amines) is 1. The highest BCUT2D eigenvalue weighted by atomic mass is 19.4. The molecule has 0 aliphatic carbocycles. The van der Waals surface area contributed by atoms with E-state index in [0.717, 1.165) is 43.6 Å². The zero-order chi connectivity index (χ0) is 21.0. The number of nitrogens with one attached hydrogen (secondary N) is 1. The van der Waals surface area contributed by atoms with E-state index >= 15 is 0 Å². The largest absolute Gasteiger partial charge is 0.416 e. The van der Waals surface area contributed by atoms with Gasteiger partial charge in [-0.25, -0.2) is 0 Å². The van der Waals surface area contributed by atoms with Gasteiger partial charge in [0, 0.05) is 37.4 Å². The van der Waals surface area contributed by atoms with E-state index < -0.39 is 16.7 Å². The van der Waals surface area contributed by atoms with Crippen molar-refractivity contribution in [3.63, 3.8) is 0 Å². The summed E-state index contributed by atoms with van der Waals surface area (Å²) >= 11 is 0. The molecule has 2 aromatic rings. The van der Waals surface area contributed by atoms with Crippen LogP contribution in [0.4, 0.5) is 24.5 Å². The van der Waals surface area contributed by atoms with Gasteiger partial charge in [0.1, 0.15) is 0 Å². The molecule has 1 aliphatic heterocycles. The summed E-state index contributed by atoms with van der Waals surface area (Å²) in [6.07, 6.45) is -2.70. The third-order valence-electron chi connectivity index (χ3n) is 5.10. The predicted molar refractivity (Wildman–Crippen MR) is 102 cm³/mol. The molecule has 0 atom stereocenters. The molecule has 0 saturated carbocycles. The molecule has 0 bridgehead atoms. The van der Waals surface area contributed by atoms with Crippen LogP contribution < -0.4 is 5.32 Å². The summed E-state index contributed by atoms with van der Waals surface area (Å²) in [5.41, 5.74) is 0.976. The quantitative estimate of drug-likeness (QED) is 0.553. The summed E-state index contributed by atoms with van der Waals surface area (Å²) in [6.45, 7) is 1.74. The Morgan fingerprint density at radius 1 is 1.14 bits per heavy atom. The van der Waals surface area contributed by atoms with Crippen LogP contribution in [0, 0.1) is 10.1 Å². The van der Waals surface area contributed by atoms with Crippen LogP contribution in [-0.2, 0) is 19.3 Å². The van der Waals surface area contributed by atoms with Crippen molar-refractivity contribution < 1.29 is 23.2 Å². The lowest BCUT2D eigenvalue weighted by Gasteiger charge is -2.33. The third-order valence-corrected chi connectivity index (χ3v) is 5.10. The van der Waals surface area contributed by atoms with Gasteiger partial charge in [0.25, 0.3) is 5.69 Å². The van der Waals surface area contributed by atoms with Gasteiger partial charge in [-0.05, 0) is 42.7 Å². The molecule has 6 nitrogen and oxygen atoms in total. The van der Waals surface area contributed by atoms with E-state index in [1.165, 1.54) is 18.2 Å². The summed E-state index contributed by atoms with van der Waals surface area (Å²) in [5, 5.41) is 23.6. The van der Waals surface area contributed by atoms with E-state index in [0.29, 0.717) is 12.2 Å². The summed E-state index contributed by atoms with van der Waals surface area (Å²) in [5.74, 6) is 0. The van der Waals surface area contributed by atoms with Crippen LogP contribution in [0.1, 0.15) is 29.5 Å². The van der Waals surface area contributed by atoms with E-state index in [1.54, 1.807) is 12.1 Å². The molecule has 1 heterocycles. The van der Waals surface area contributed by atoms with Crippen molar-refractivity contribution in [2.24, 2.45) is 0 Å². The SMILES string of the molecule is O=[N+]([O-])c1cc(NC2CCN(Cc3ccc(C(F)(F)F)cc3)CC2)ccc1CO. The van der Waals surface area contributed by atoms with E-state index in [1.807, 2.05) is 0 Å². The molecular formula is C20H22F3N3O3. The Morgan fingerprint density at radius 3 is 2.34 bits per heavy atom. The van der Waals surface area contributed by atoms with Crippen LogP contribution in [0.3, 0.4) is 0 Å². The Morgan fingerprint density at radius 2 is 1.79 bits per heavy atom. The van der Waals surface area contributed by atoms with E-state index in [9.17, 15) is 28.4 Å². The minimum absolute atomic E-state index is 0.114. The molecule has 29 heavy (non-hydrogen) atoms. The lowest BCUT2D eigenvalue weighted by Crippen LogP contribution is -2.38. The number of hydrogen-bond donors (Lipinski definition) is 2. The van der Waals surface area contributed by atoms with Gasteiger partial charge in [-0.15, -0.1) is 0 Å². The van der Waals surface area contributed by atoms with Crippen LogP contribution in [0.25, 0.3) is 0 Å². The molecule has 0 radical (unpaired) electrons. The maximum absolute atomic E-state index is 12.6. The molecule has 9 heteroatoms. The van der Waals surface area contributed by atoms with Crippen molar-refractivity contribution in [1.82, 2.24) is 4.90 Å². The number of hydrogen-bond acceptors (Lipinski definition) is 5. The molecule has 2 aromatic carbocycles. The Kier molecular flexibility index (Phi) is 6.39. The Hall–Kier alpha value is -2.65. The predicted octanol–water partition coefficient (Wildman–Crippen LogP) is 4.18. The Labute approximate surface area is 166 Å². The number of alkyl halides is 3. The lowest BCUT2D eigenvalue weighted by atomic mass is 10.0. The van der Waals surface area contributed by atoms with Crippen LogP contribution in [-0.4, -0.2) is 34.1 Å². The molecule has 0 spiro atoms. The van der Waals surface area contributed by atoms with E-state index in [2.05, 4.69) is 10.2 Å². The van der Waals surface area contributed by atoms with Crippen LogP contribution >= 0.6 is 0 Å². The number of nitrogens with zero attached hydrogens (tertiary/aromatic N) is 2.